The molecule has 1 aliphatic rings. The van der Waals surface area contributed by atoms with Crippen LogP contribution < -0.4 is 19.7 Å². The first kappa shape index (κ1) is 23.1. The van der Waals surface area contributed by atoms with E-state index in [1.807, 2.05) is 31.2 Å². The summed E-state index contributed by atoms with van der Waals surface area (Å²) in [6, 6.07) is 12.8. The van der Waals surface area contributed by atoms with E-state index in [0.717, 1.165) is 37.6 Å². The van der Waals surface area contributed by atoms with Gasteiger partial charge in [0, 0.05) is 18.8 Å². The van der Waals surface area contributed by atoms with Gasteiger partial charge < -0.3 is 19.7 Å². The average Bonchev–Trinajstić information content (AvgIpc) is 2.79. The molecule has 1 heterocycles. The summed E-state index contributed by atoms with van der Waals surface area (Å²) in [7, 11) is -2.32. The number of carbonyl (C=O) groups is 1. The predicted molar refractivity (Wildman–Crippen MR) is 119 cm³/mol. The van der Waals surface area contributed by atoms with E-state index < -0.39 is 22.0 Å². The third-order valence-electron chi connectivity index (χ3n) is 5.22. The number of morpholine rings is 1. The van der Waals surface area contributed by atoms with Gasteiger partial charge >= 0.3 is 0 Å². The number of methoxy groups -OCH3 is 1. The van der Waals surface area contributed by atoms with Crippen molar-refractivity contribution in [3.05, 3.63) is 54.1 Å². The van der Waals surface area contributed by atoms with Crippen molar-refractivity contribution in [3.8, 4) is 5.75 Å². The Morgan fingerprint density at radius 2 is 1.65 bits per heavy atom. The maximum atomic E-state index is 12.6. The van der Waals surface area contributed by atoms with Crippen molar-refractivity contribution in [1.82, 2.24) is 10.0 Å². The summed E-state index contributed by atoms with van der Waals surface area (Å²) in [5.74, 6) is 0.153. The second-order valence-corrected chi connectivity index (χ2v) is 9.15. The molecular formula is C22H29N3O5S. The molecule has 0 bridgehead atoms. The van der Waals surface area contributed by atoms with E-state index in [-0.39, 0.29) is 10.9 Å². The number of carbonyl (C=O) groups excluding carboxylic acids is 1. The summed E-state index contributed by atoms with van der Waals surface area (Å²) >= 11 is 0. The Bertz CT molecular complexity index is 971. The molecule has 1 unspecified atom stereocenters. The van der Waals surface area contributed by atoms with Crippen LogP contribution in [0.2, 0.25) is 0 Å². The second kappa shape index (κ2) is 10.1. The zero-order valence-electron chi connectivity index (χ0n) is 18.0. The molecule has 0 saturated carbocycles. The monoisotopic (exact) mass is 447 g/mol. The number of hydrogen-bond acceptors (Lipinski definition) is 6. The van der Waals surface area contributed by atoms with E-state index in [9.17, 15) is 13.2 Å². The third kappa shape index (κ3) is 5.96. The fourth-order valence-corrected chi connectivity index (χ4v) is 4.53. The molecule has 1 aliphatic heterocycles. The van der Waals surface area contributed by atoms with Crippen molar-refractivity contribution in [1.29, 1.82) is 0 Å². The second-order valence-electron chi connectivity index (χ2n) is 7.44. The minimum Gasteiger partial charge on any atom is -0.497 e. The van der Waals surface area contributed by atoms with Crippen LogP contribution in [0.3, 0.4) is 0 Å². The van der Waals surface area contributed by atoms with Crippen LogP contribution >= 0.6 is 0 Å². The van der Waals surface area contributed by atoms with Crippen molar-refractivity contribution in [3.63, 3.8) is 0 Å². The first-order chi connectivity index (χ1) is 14.8. The molecule has 0 spiro atoms. The zero-order chi connectivity index (χ0) is 22.4. The van der Waals surface area contributed by atoms with Gasteiger partial charge in [-0.05, 0) is 55.8 Å². The van der Waals surface area contributed by atoms with Crippen molar-refractivity contribution >= 4 is 21.6 Å². The molecule has 0 radical (unpaired) electrons. The lowest BCUT2D eigenvalue weighted by Gasteiger charge is -2.29. The number of amides is 1. The van der Waals surface area contributed by atoms with Gasteiger partial charge in [-0.2, -0.15) is 4.72 Å². The number of benzene rings is 2. The van der Waals surface area contributed by atoms with Crippen molar-refractivity contribution < 1.29 is 22.7 Å². The quantitative estimate of drug-likeness (QED) is 0.643. The van der Waals surface area contributed by atoms with Gasteiger partial charge in [0.15, 0.2) is 0 Å². The first-order valence-corrected chi connectivity index (χ1v) is 11.7. The molecule has 2 N–H and O–H groups in total. The van der Waals surface area contributed by atoms with E-state index in [1.54, 1.807) is 12.1 Å². The summed E-state index contributed by atoms with van der Waals surface area (Å²) < 4.78 is 37.9. The standard InChI is InChI=1S/C22H29N3O5S/c1-16(18-4-6-19(7-5-18)25-12-14-30-15-13-25)23-22(26)17(2)24-31(27,28)21-10-8-20(29-3)9-11-21/h4-11,16-17,24H,12-15H2,1-3H3,(H,23,26)/t16?,17-/m0/s1. The Kier molecular flexibility index (Phi) is 7.53. The van der Waals surface area contributed by atoms with Gasteiger partial charge in [-0.1, -0.05) is 12.1 Å². The maximum Gasteiger partial charge on any atom is 0.241 e. The molecule has 1 amide bonds. The third-order valence-corrected chi connectivity index (χ3v) is 6.78. The molecular weight excluding hydrogens is 418 g/mol. The molecule has 31 heavy (non-hydrogen) atoms. The first-order valence-electron chi connectivity index (χ1n) is 10.2. The largest absolute Gasteiger partial charge is 0.497 e. The van der Waals surface area contributed by atoms with Crippen molar-refractivity contribution in [2.75, 3.05) is 38.3 Å². The maximum absolute atomic E-state index is 12.6. The number of hydrogen-bond donors (Lipinski definition) is 2. The van der Waals surface area contributed by atoms with Gasteiger partial charge in [0.1, 0.15) is 5.75 Å². The number of nitrogens with zero attached hydrogens (tertiary/aromatic N) is 1. The highest BCUT2D eigenvalue weighted by atomic mass is 32.2. The Morgan fingerprint density at radius 1 is 1.03 bits per heavy atom. The Hall–Kier alpha value is -2.62. The highest BCUT2D eigenvalue weighted by Crippen LogP contribution is 2.20. The summed E-state index contributed by atoms with van der Waals surface area (Å²) in [6.45, 7) is 6.54. The number of sulfonamides is 1. The number of nitrogens with one attached hydrogen (secondary N) is 2. The van der Waals surface area contributed by atoms with Crippen molar-refractivity contribution in [2.45, 2.75) is 30.8 Å². The average molecular weight is 448 g/mol. The Labute approximate surface area is 183 Å². The highest BCUT2D eigenvalue weighted by Gasteiger charge is 2.23. The van der Waals surface area contributed by atoms with Crippen LogP contribution in [0.25, 0.3) is 0 Å². The summed E-state index contributed by atoms with van der Waals surface area (Å²) in [6.07, 6.45) is 0. The lowest BCUT2D eigenvalue weighted by atomic mass is 10.1. The molecule has 9 heteroatoms. The molecule has 1 fully saturated rings. The van der Waals surface area contributed by atoms with Crippen LogP contribution in [0.15, 0.2) is 53.4 Å². The van der Waals surface area contributed by atoms with Gasteiger partial charge in [0.25, 0.3) is 0 Å². The van der Waals surface area contributed by atoms with Crippen LogP contribution in [-0.2, 0) is 19.6 Å². The molecule has 2 aromatic carbocycles. The van der Waals surface area contributed by atoms with Gasteiger partial charge in [-0.15, -0.1) is 0 Å². The smallest absolute Gasteiger partial charge is 0.241 e. The number of ether oxygens (including phenoxy) is 2. The molecule has 0 aromatic heterocycles. The molecule has 0 aliphatic carbocycles. The van der Waals surface area contributed by atoms with Gasteiger partial charge in [0.2, 0.25) is 15.9 Å². The summed E-state index contributed by atoms with van der Waals surface area (Å²) in [5, 5.41) is 2.87. The van der Waals surface area contributed by atoms with Gasteiger partial charge in [-0.25, -0.2) is 8.42 Å². The lowest BCUT2D eigenvalue weighted by Crippen LogP contribution is -2.45. The minimum atomic E-state index is -3.83. The minimum absolute atomic E-state index is 0.0692. The molecule has 1 saturated heterocycles. The molecule has 168 valence electrons. The van der Waals surface area contributed by atoms with Crippen LogP contribution in [-0.4, -0.2) is 53.8 Å². The van der Waals surface area contributed by atoms with Gasteiger partial charge in [-0.3, -0.25) is 4.79 Å². The van der Waals surface area contributed by atoms with Crippen LogP contribution in [0.4, 0.5) is 5.69 Å². The van der Waals surface area contributed by atoms with Crippen molar-refractivity contribution in [2.24, 2.45) is 0 Å². The fourth-order valence-electron chi connectivity index (χ4n) is 3.33. The van der Waals surface area contributed by atoms with Crippen LogP contribution in [0.5, 0.6) is 5.75 Å². The van der Waals surface area contributed by atoms with E-state index in [4.69, 9.17) is 9.47 Å². The van der Waals surface area contributed by atoms with Crippen LogP contribution in [0, 0.1) is 0 Å². The Morgan fingerprint density at radius 3 is 2.23 bits per heavy atom. The van der Waals surface area contributed by atoms with E-state index in [1.165, 1.54) is 26.2 Å². The number of rotatable bonds is 8. The topological polar surface area (TPSA) is 97.0 Å². The zero-order valence-corrected chi connectivity index (χ0v) is 18.8. The lowest BCUT2D eigenvalue weighted by molar-refractivity contribution is -0.123. The van der Waals surface area contributed by atoms with Crippen LogP contribution in [0.1, 0.15) is 25.5 Å². The fraction of sp³-hybridized carbons (Fsp3) is 0.409. The normalized spacial score (nSPS) is 16.4. The summed E-state index contributed by atoms with van der Waals surface area (Å²) in [4.78, 5) is 14.9. The molecule has 2 aromatic rings. The molecule has 8 nitrogen and oxygen atoms in total. The van der Waals surface area contributed by atoms with E-state index in [0.29, 0.717) is 5.75 Å². The van der Waals surface area contributed by atoms with E-state index >= 15 is 0 Å². The summed E-state index contributed by atoms with van der Waals surface area (Å²) in [5.41, 5.74) is 2.06. The number of anilines is 1. The predicted octanol–water partition coefficient (Wildman–Crippen LogP) is 2.08. The van der Waals surface area contributed by atoms with Gasteiger partial charge in [0.05, 0.1) is 37.3 Å². The molecule has 2 atom stereocenters. The van der Waals surface area contributed by atoms with E-state index in [2.05, 4.69) is 14.9 Å². The Balaban J connectivity index is 1.58. The molecule has 3 rings (SSSR count). The SMILES string of the molecule is COc1ccc(S(=O)(=O)N[C@@H](C)C(=O)NC(C)c2ccc(N3CCOCC3)cc2)cc1. The highest BCUT2D eigenvalue weighted by molar-refractivity contribution is 7.89.